The second-order valence-electron chi connectivity index (χ2n) is 7.12. The fraction of sp³-hybridized carbons (Fsp3) is 0.450. The maximum absolute atomic E-state index is 13.1. The Labute approximate surface area is 158 Å². The van der Waals surface area contributed by atoms with Gasteiger partial charge in [0.1, 0.15) is 11.6 Å². The van der Waals surface area contributed by atoms with Crippen LogP contribution in [-0.2, 0) is 17.6 Å². The molecule has 1 saturated heterocycles. The number of H-pyrrole nitrogens is 1. The van der Waals surface area contributed by atoms with Crippen molar-refractivity contribution in [3.63, 3.8) is 0 Å². The average Bonchev–Trinajstić information content (AvgIpc) is 3.07. The number of nitrogens with zero attached hydrogens (tertiary/aromatic N) is 3. The number of hydrogen-bond acceptors (Lipinski definition) is 5. The van der Waals surface area contributed by atoms with Crippen molar-refractivity contribution < 1.29 is 4.79 Å². The number of anilines is 2. The molecule has 0 radical (unpaired) electrons. The van der Waals surface area contributed by atoms with Crippen LogP contribution in [0.15, 0.2) is 35.1 Å². The number of amides is 1. The molecule has 7 nitrogen and oxygen atoms in total. The predicted molar refractivity (Wildman–Crippen MR) is 105 cm³/mol. The fourth-order valence-corrected chi connectivity index (χ4v) is 3.99. The summed E-state index contributed by atoms with van der Waals surface area (Å²) in [6.07, 6.45) is 1.87. The van der Waals surface area contributed by atoms with Crippen molar-refractivity contribution >= 4 is 17.4 Å². The van der Waals surface area contributed by atoms with E-state index < -0.39 is 0 Å². The first-order valence-corrected chi connectivity index (χ1v) is 9.61. The third-order valence-corrected chi connectivity index (χ3v) is 5.35. The van der Waals surface area contributed by atoms with E-state index in [1.54, 1.807) is 0 Å². The molecule has 1 amide bonds. The van der Waals surface area contributed by atoms with Gasteiger partial charge in [-0.3, -0.25) is 9.59 Å². The SMILES string of the molecule is CCC1Cc2ccccc2N1C(=O)Cc1nc(N2CCNCC2)cc(=O)[nH]1. The molecule has 1 unspecified atom stereocenters. The number of carbonyl (C=O) groups excluding carboxylic acids is 1. The Kier molecular flexibility index (Phi) is 4.94. The van der Waals surface area contributed by atoms with Gasteiger partial charge in [0, 0.05) is 44.0 Å². The van der Waals surface area contributed by atoms with E-state index in [0.29, 0.717) is 11.6 Å². The maximum Gasteiger partial charge on any atom is 0.252 e. The number of carbonyl (C=O) groups is 1. The largest absolute Gasteiger partial charge is 0.354 e. The van der Waals surface area contributed by atoms with Crippen LogP contribution >= 0.6 is 0 Å². The van der Waals surface area contributed by atoms with Gasteiger partial charge in [-0.25, -0.2) is 4.98 Å². The first kappa shape index (κ1) is 17.7. The molecule has 2 N–H and O–H groups in total. The highest BCUT2D eigenvalue weighted by molar-refractivity contribution is 5.97. The maximum atomic E-state index is 13.1. The summed E-state index contributed by atoms with van der Waals surface area (Å²) in [7, 11) is 0. The summed E-state index contributed by atoms with van der Waals surface area (Å²) in [5.74, 6) is 1.06. The molecule has 3 heterocycles. The van der Waals surface area contributed by atoms with Gasteiger partial charge in [0.05, 0.1) is 6.42 Å². The van der Waals surface area contributed by atoms with E-state index in [4.69, 9.17) is 0 Å². The summed E-state index contributed by atoms with van der Waals surface area (Å²) in [4.78, 5) is 36.5. The van der Waals surface area contributed by atoms with Gasteiger partial charge in [0.15, 0.2) is 0 Å². The first-order valence-electron chi connectivity index (χ1n) is 9.61. The molecule has 1 fully saturated rings. The van der Waals surface area contributed by atoms with Crippen molar-refractivity contribution in [3.8, 4) is 0 Å². The van der Waals surface area contributed by atoms with Gasteiger partial charge in [-0.1, -0.05) is 25.1 Å². The molecule has 0 aliphatic carbocycles. The second kappa shape index (κ2) is 7.52. The second-order valence-corrected chi connectivity index (χ2v) is 7.12. The summed E-state index contributed by atoms with van der Waals surface area (Å²) in [6, 6.07) is 9.72. The molecule has 7 heteroatoms. The molecule has 1 aromatic carbocycles. The van der Waals surface area contributed by atoms with E-state index in [2.05, 4.69) is 33.2 Å². The lowest BCUT2D eigenvalue weighted by molar-refractivity contribution is -0.118. The van der Waals surface area contributed by atoms with Crippen LogP contribution in [0.2, 0.25) is 0 Å². The molecule has 2 aliphatic heterocycles. The Bertz CT molecular complexity index is 888. The van der Waals surface area contributed by atoms with Crippen molar-refractivity contribution in [2.24, 2.45) is 0 Å². The van der Waals surface area contributed by atoms with Gasteiger partial charge < -0.3 is 20.1 Å². The molecule has 2 aromatic rings. The minimum atomic E-state index is -0.213. The summed E-state index contributed by atoms with van der Waals surface area (Å²) < 4.78 is 0. The Morgan fingerprint density at radius 2 is 2.04 bits per heavy atom. The first-order chi connectivity index (χ1) is 13.2. The van der Waals surface area contributed by atoms with Gasteiger partial charge in [-0.15, -0.1) is 0 Å². The molecule has 0 bridgehead atoms. The highest BCUT2D eigenvalue weighted by Gasteiger charge is 2.32. The molecule has 27 heavy (non-hydrogen) atoms. The lowest BCUT2D eigenvalue weighted by Crippen LogP contribution is -2.44. The fourth-order valence-electron chi connectivity index (χ4n) is 3.99. The minimum absolute atomic E-state index is 0.0209. The Morgan fingerprint density at radius 1 is 1.26 bits per heavy atom. The molecule has 0 saturated carbocycles. The van der Waals surface area contributed by atoms with Gasteiger partial charge in [0.25, 0.3) is 5.56 Å². The van der Waals surface area contributed by atoms with E-state index >= 15 is 0 Å². The van der Waals surface area contributed by atoms with Gasteiger partial charge >= 0.3 is 0 Å². The lowest BCUT2D eigenvalue weighted by atomic mass is 10.1. The molecular weight excluding hydrogens is 342 g/mol. The number of aromatic nitrogens is 2. The number of rotatable bonds is 4. The third kappa shape index (κ3) is 3.60. The minimum Gasteiger partial charge on any atom is -0.354 e. The number of aromatic amines is 1. The van der Waals surface area contributed by atoms with Gasteiger partial charge in [-0.05, 0) is 24.5 Å². The third-order valence-electron chi connectivity index (χ3n) is 5.35. The number of piperazine rings is 1. The van der Waals surface area contributed by atoms with Crippen LogP contribution in [-0.4, -0.2) is 48.1 Å². The summed E-state index contributed by atoms with van der Waals surface area (Å²) in [5.41, 5.74) is 1.97. The zero-order valence-electron chi connectivity index (χ0n) is 15.6. The molecule has 1 aromatic heterocycles. The summed E-state index contributed by atoms with van der Waals surface area (Å²) in [6.45, 7) is 5.45. The predicted octanol–water partition coefficient (Wildman–Crippen LogP) is 1.09. The van der Waals surface area contributed by atoms with Crippen LogP contribution in [0.1, 0.15) is 24.7 Å². The van der Waals surface area contributed by atoms with Gasteiger partial charge in [0.2, 0.25) is 5.91 Å². The lowest BCUT2D eigenvalue weighted by Gasteiger charge is -2.28. The van der Waals surface area contributed by atoms with Crippen molar-refractivity contribution in [2.45, 2.75) is 32.2 Å². The molecule has 1 atom stereocenters. The standard InChI is InChI=1S/C20H25N5O2/c1-2-15-11-14-5-3-4-6-16(14)25(15)20(27)12-17-22-18(13-19(26)23-17)24-9-7-21-8-10-24/h3-6,13,15,21H,2,7-12H2,1H3,(H,22,23,26). The average molecular weight is 367 g/mol. The number of hydrogen-bond donors (Lipinski definition) is 2. The smallest absolute Gasteiger partial charge is 0.252 e. The van der Waals surface area contributed by atoms with Crippen LogP contribution in [0, 0.1) is 0 Å². The highest BCUT2D eigenvalue weighted by Crippen LogP contribution is 2.33. The van der Waals surface area contributed by atoms with Crippen LogP contribution in [0.25, 0.3) is 0 Å². The highest BCUT2D eigenvalue weighted by atomic mass is 16.2. The van der Waals surface area contributed by atoms with E-state index in [-0.39, 0.29) is 23.9 Å². The summed E-state index contributed by atoms with van der Waals surface area (Å²) in [5, 5.41) is 3.29. The zero-order valence-corrected chi connectivity index (χ0v) is 15.6. The topological polar surface area (TPSA) is 81.3 Å². The Balaban J connectivity index is 1.57. The zero-order chi connectivity index (χ0) is 18.8. The number of nitrogens with one attached hydrogen (secondary N) is 2. The molecule has 4 rings (SSSR count). The normalized spacial score (nSPS) is 19.2. The van der Waals surface area contributed by atoms with E-state index in [1.807, 2.05) is 23.1 Å². The summed E-state index contributed by atoms with van der Waals surface area (Å²) >= 11 is 0. The van der Waals surface area contributed by atoms with Crippen molar-refractivity contribution in [1.29, 1.82) is 0 Å². The van der Waals surface area contributed by atoms with Crippen molar-refractivity contribution in [2.75, 3.05) is 36.0 Å². The Hall–Kier alpha value is -2.67. The van der Waals surface area contributed by atoms with E-state index in [9.17, 15) is 9.59 Å². The van der Waals surface area contributed by atoms with Crippen LogP contribution in [0.4, 0.5) is 11.5 Å². The van der Waals surface area contributed by atoms with Crippen LogP contribution < -0.4 is 20.7 Å². The van der Waals surface area contributed by atoms with Gasteiger partial charge in [-0.2, -0.15) is 0 Å². The van der Waals surface area contributed by atoms with Crippen molar-refractivity contribution in [1.82, 2.24) is 15.3 Å². The van der Waals surface area contributed by atoms with Crippen molar-refractivity contribution in [3.05, 3.63) is 52.1 Å². The molecular formula is C20H25N5O2. The number of benzene rings is 1. The molecule has 0 spiro atoms. The Morgan fingerprint density at radius 3 is 2.81 bits per heavy atom. The monoisotopic (exact) mass is 367 g/mol. The van der Waals surface area contributed by atoms with E-state index in [0.717, 1.165) is 44.7 Å². The molecule has 142 valence electrons. The number of fused-ring (bicyclic) bond motifs is 1. The van der Waals surface area contributed by atoms with Crippen LogP contribution in [0.3, 0.4) is 0 Å². The van der Waals surface area contributed by atoms with Crippen LogP contribution in [0.5, 0.6) is 0 Å². The quantitative estimate of drug-likeness (QED) is 0.846. The number of para-hydroxylation sites is 1. The van der Waals surface area contributed by atoms with E-state index in [1.165, 1.54) is 11.6 Å². The molecule has 2 aliphatic rings.